The van der Waals surface area contributed by atoms with E-state index in [1.54, 1.807) is 0 Å². The first-order valence-electron chi connectivity index (χ1n) is 6.34. The van der Waals surface area contributed by atoms with Gasteiger partial charge in [0.1, 0.15) is 0 Å². The Hall–Kier alpha value is -1.03. The first-order chi connectivity index (χ1) is 8.49. The molecular weight excluding hydrogens is 290 g/mol. The minimum Gasteiger partial charge on any atom is -0.370 e. The monoisotopic (exact) mass is 309 g/mol. The first kappa shape index (κ1) is 13.4. The third-order valence-corrected chi connectivity index (χ3v) is 4.30. The summed E-state index contributed by atoms with van der Waals surface area (Å²) in [5.41, 5.74) is 7.19. The number of hydrogen-bond acceptors (Lipinski definition) is 3. The molecule has 1 aromatic carbocycles. The Morgan fingerprint density at radius 1 is 1.56 bits per heavy atom. The summed E-state index contributed by atoms with van der Waals surface area (Å²) in [7, 11) is 0. The number of halogens is 1. The minimum absolute atomic E-state index is 0.136. The lowest BCUT2D eigenvalue weighted by atomic mass is 9.89. The molecule has 0 fully saturated rings. The van der Waals surface area contributed by atoms with Crippen LogP contribution in [0.15, 0.2) is 33.7 Å². The molecule has 3 nitrogen and oxygen atoms in total. The zero-order chi connectivity index (χ0) is 13.3. The maximum Gasteiger partial charge on any atom is 0.192 e. The Bertz CT molecular complexity index is 472. The van der Waals surface area contributed by atoms with Gasteiger partial charge in [0.15, 0.2) is 5.96 Å². The van der Waals surface area contributed by atoms with E-state index in [0.717, 1.165) is 17.4 Å². The van der Waals surface area contributed by atoms with Crippen molar-refractivity contribution in [1.82, 2.24) is 4.90 Å². The predicted octanol–water partition coefficient (Wildman–Crippen LogP) is 3.09. The summed E-state index contributed by atoms with van der Waals surface area (Å²) in [5, 5.41) is 0. The van der Waals surface area contributed by atoms with Gasteiger partial charge in [0, 0.05) is 10.5 Å². The molecule has 0 saturated heterocycles. The third kappa shape index (κ3) is 2.14. The molecule has 1 aliphatic rings. The van der Waals surface area contributed by atoms with Gasteiger partial charge in [0.25, 0.3) is 0 Å². The molecule has 0 spiro atoms. The fourth-order valence-electron chi connectivity index (χ4n) is 2.59. The highest BCUT2D eigenvalue weighted by Crippen LogP contribution is 2.35. The smallest absolute Gasteiger partial charge is 0.192 e. The van der Waals surface area contributed by atoms with Crippen LogP contribution in [0.25, 0.3) is 0 Å². The number of rotatable bonds is 3. The van der Waals surface area contributed by atoms with Crippen molar-refractivity contribution in [3.05, 3.63) is 34.3 Å². The number of nitrogens with zero attached hydrogens (tertiary/aromatic N) is 2. The molecule has 2 rings (SSSR count). The maximum atomic E-state index is 6.07. The molecule has 4 heteroatoms. The van der Waals surface area contributed by atoms with Crippen molar-refractivity contribution in [1.29, 1.82) is 0 Å². The van der Waals surface area contributed by atoms with Crippen LogP contribution in [0.5, 0.6) is 0 Å². The van der Waals surface area contributed by atoms with Crippen LogP contribution >= 0.6 is 15.9 Å². The summed E-state index contributed by atoms with van der Waals surface area (Å²) in [6.45, 7) is 7.31. The standard InChI is InChI=1S/C14H20BrN3/c1-4-10(2)18-13(16)17-9-14(18,3)11-6-5-7-12(15)8-11/h5-8,10H,4,9H2,1-3H3,(H2,16,17). The Morgan fingerprint density at radius 3 is 2.89 bits per heavy atom. The molecule has 1 heterocycles. The number of guanidine groups is 1. The highest BCUT2D eigenvalue weighted by Gasteiger charge is 2.41. The van der Waals surface area contributed by atoms with Gasteiger partial charge in [-0.15, -0.1) is 0 Å². The van der Waals surface area contributed by atoms with Gasteiger partial charge in [-0.25, -0.2) is 0 Å². The molecule has 0 bridgehead atoms. The van der Waals surface area contributed by atoms with Crippen LogP contribution in [-0.2, 0) is 5.54 Å². The third-order valence-electron chi connectivity index (χ3n) is 3.81. The normalized spacial score (nSPS) is 25.1. The van der Waals surface area contributed by atoms with Crippen LogP contribution in [0.1, 0.15) is 32.8 Å². The molecule has 0 saturated carbocycles. The van der Waals surface area contributed by atoms with E-state index in [4.69, 9.17) is 5.73 Å². The largest absolute Gasteiger partial charge is 0.370 e. The Morgan fingerprint density at radius 2 is 2.28 bits per heavy atom. The molecule has 2 unspecified atom stereocenters. The van der Waals surface area contributed by atoms with Gasteiger partial charge >= 0.3 is 0 Å². The van der Waals surface area contributed by atoms with Crippen LogP contribution in [0.3, 0.4) is 0 Å². The van der Waals surface area contributed by atoms with Crippen molar-refractivity contribution in [2.75, 3.05) is 6.54 Å². The molecule has 18 heavy (non-hydrogen) atoms. The van der Waals surface area contributed by atoms with Crippen molar-refractivity contribution in [3.63, 3.8) is 0 Å². The highest BCUT2D eigenvalue weighted by atomic mass is 79.9. The van der Waals surface area contributed by atoms with Gasteiger partial charge in [-0.3, -0.25) is 4.99 Å². The Labute approximate surface area is 117 Å². The van der Waals surface area contributed by atoms with E-state index in [2.05, 4.69) is 64.8 Å². The minimum atomic E-state index is -0.136. The van der Waals surface area contributed by atoms with Crippen LogP contribution < -0.4 is 5.73 Å². The number of aliphatic imine (C=N–C) groups is 1. The predicted molar refractivity (Wildman–Crippen MR) is 79.6 cm³/mol. The van der Waals surface area contributed by atoms with Crippen molar-refractivity contribution in [3.8, 4) is 0 Å². The van der Waals surface area contributed by atoms with E-state index in [9.17, 15) is 0 Å². The van der Waals surface area contributed by atoms with Crippen molar-refractivity contribution in [2.45, 2.75) is 38.8 Å². The molecule has 98 valence electrons. The van der Waals surface area contributed by atoms with Crippen LogP contribution in [0, 0.1) is 0 Å². The van der Waals surface area contributed by atoms with E-state index < -0.39 is 0 Å². The molecule has 1 aliphatic heterocycles. The van der Waals surface area contributed by atoms with Gasteiger partial charge in [-0.05, 0) is 38.0 Å². The summed E-state index contributed by atoms with van der Waals surface area (Å²) < 4.78 is 1.09. The zero-order valence-electron chi connectivity index (χ0n) is 11.2. The van der Waals surface area contributed by atoms with E-state index in [1.165, 1.54) is 5.56 Å². The van der Waals surface area contributed by atoms with E-state index in [-0.39, 0.29) is 5.54 Å². The molecule has 0 aromatic heterocycles. The summed E-state index contributed by atoms with van der Waals surface area (Å²) in [6.07, 6.45) is 1.06. The second-order valence-corrected chi connectivity index (χ2v) is 6.00. The van der Waals surface area contributed by atoms with Gasteiger partial charge in [-0.2, -0.15) is 0 Å². The lowest BCUT2D eigenvalue weighted by Gasteiger charge is -2.40. The highest BCUT2D eigenvalue weighted by molar-refractivity contribution is 9.10. The van der Waals surface area contributed by atoms with Gasteiger partial charge in [-0.1, -0.05) is 35.0 Å². The van der Waals surface area contributed by atoms with E-state index in [1.807, 2.05) is 6.07 Å². The zero-order valence-corrected chi connectivity index (χ0v) is 12.7. The molecule has 1 aromatic rings. The second kappa shape index (κ2) is 4.92. The SMILES string of the molecule is CCC(C)N1C(N)=NCC1(C)c1cccc(Br)c1. The van der Waals surface area contributed by atoms with Crippen molar-refractivity contribution in [2.24, 2.45) is 10.7 Å². The fourth-order valence-corrected chi connectivity index (χ4v) is 2.99. The Kier molecular flexibility index (Phi) is 3.66. The quantitative estimate of drug-likeness (QED) is 0.932. The molecule has 0 radical (unpaired) electrons. The summed E-state index contributed by atoms with van der Waals surface area (Å²) in [4.78, 5) is 6.70. The molecule has 2 N–H and O–H groups in total. The van der Waals surface area contributed by atoms with Crippen molar-refractivity contribution < 1.29 is 0 Å². The van der Waals surface area contributed by atoms with Gasteiger partial charge in [0.05, 0.1) is 12.1 Å². The summed E-state index contributed by atoms with van der Waals surface area (Å²) >= 11 is 3.54. The Balaban J connectivity index is 2.41. The molecule has 0 aliphatic carbocycles. The summed E-state index contributed by atoms with van der Waals surface area (Å²) in [5.74, 6) is 0.659. The fraction of sp³-hybridized carbons (Fsp3) is 0.500. The lowest BCUT2D eigenvalue weighted by molar-refractivity contribution is 0.171. The molecular formula is C14H20BrN3. The molecule has 0 amide bonds. The first-order valence-corrected chi connectivity index (χ1v) is 7.13. The van der Waals surface area contributed by atoms with Crippen LogP contribution in [0.4, 0.5) is 0 Å². The molecule has 2 atom stereocenters. The average Bonchev–Trinajstić information content (AvgIpc) is 2.66. The van der Waals surface area contributed by atoms with Crippen molar-refractivity contribution >= 4 is 21.9 Å². The number of nitrogens with two attached hydrogens (primary N) is 1. The van der Waals surface area contributed by atoms with E-state index in [0.29, 0.717) is 12.0 Å². The number of benzene rings is 1. The van der Waals surface area contributed by atoms with Crippen LogP contribution in [0.2, 0.25) is 0 Å². The maximum absolute atomic E-state index is 6.07. The van der Waals surface area contributed by atoms with Gasteiger partial charge in [0.2, 0.25) is 0 Å². The number of hydrogen-bond donors (Lipinski definition) is 1. The van der Waals surface area contributed by atoms with Crippen LogP contribution in [-0.4, -0.2) is 23.4 Å². The van der Waals surface area contributed by atoms with Gasteiger partial charge < -0.3 is 10.6 Å². The second-order valence-electron chi connectivity index (χ2n) is 5.09. The topological polar surface area (TPSA) is 41.6 Å². The van der Waals surface area contributed by atoms with E-state index >= 15 is 0 Å². The lowest BCUT2D eigenvalue weighted by Crippen LogP contribution is -2.51. The average molecular weight is 310 g/mol. The summed E-state index contributed by atoms with van der Waals surface area (Å²) in [6, 6.07) is 8.80.